The van der Waals surface area contributed by atoms with Gasteiger partial charge in [-0.05, 0) is 56.9 Å². The lowest BCUT2D eigenvalue weighted by Crippen LogP contribution is -2.38. The van der Waals surface area contributed by atoms with Crippen molar-refractivity contribution in [2.75, 3.05) is 0 Å². The highest BCUT2D eigenvalue weighted by Crippen LogP contribution is 2.33. The van der Waals surface area contributed by atoms with E-state index in [4.69, 9.17) is 0 Å². The maximum atomic E-state index is 3.73. The molecular formula is C16H23N. The second kappa shape index (κ2) is 4.81. The molecule has 0 radical (unpaired) electrons. The van der Waals surface area contributed by atoms with Crippen molar-refractivity contribution in [1.29, 1.82) is 0 Å². The van der Waals surface area contributed by atoms with Gasteiger partial charge in [0, 0.05) is 12.1 Å². The van der Waals surface area contributed by atoms with E-state index < -0.39 is 0 Å². The first-order chi connectivity index (χ1) is 8.29. The van der Waals surface area contributed by atoms with E-state index in [1.165, 1.54) is 49.7 Å². The minimum atomic E-state index is 0.844. The van der Waals surface area contributed by atoms with Gasteiger partial charge in [0.15, 0.2) is 0 Å². The van der Waals surface area contributed by atoms with Crippen LogP contribution in [-0.4, -0.2) is 12.1 Å². The fourth-order valence-corrected chi connectivity index (χ4v) is 3.54. The molecule has 2 bridgehead atoms. The maximum Gasteiger partial charge on any atom is 0.00728 e. The average molecular weight is 229 g/mol. The van der Waals surface area contributed by atoms with Crippen LogP contribution in [0.4, 0.5) is 0 Å². The molecule has 0 aromatic heterocycles. The van der Waals surface area contributed by atoms with E-state index in [9.17, 15) is 0 Å². The van der Waals surface area contributed by atoms with Crippen LogP contribution in [0.25, 0.3) is 0 Å². The van der Waals surface area contributed by atoms with Crippen molar-refractivity contribution >= 4 is 0 Å². The molecule has 2 fully saturated rings. The van der Waals surface area contributed by atoms with E-state index in [0.717, 1.165) is 18.0 Å². The predicted molar refractivity (Wildman–Crippen MR) is 72.2 cm³/mol. The largest absolute Gasteiger partial charge is 0.311 e. The van der Waals surface area contributed by atoms with Crippen molar-refractivity contribution in [3.63, 3.8) is 0 Å². The number of benzene rings is 1. The smallest absolute Gasteiger partial charge is 0.00728 e. The number of aryl methyl sites for hydroxylation is 2. The van der Waals surface area contributed by atoms with Gasteiger partial charge in [0.2, 0.25) is 0 Å². The summed E-state index contributed by atoms with van der Waals surface area (Å²) >= 11 is 0. The van der Waals surface area contributed by atoms with Crippen molar-refractivity contribution in [3.8, 4) is 0 Å². The van der Waals surface area contributed by atoms with Gasteiger partial charge in [-0.15, -0.1) is 0 Å². The van der Waals surface area contributed by atoms with E-state index >= 15 is 0 Å². The zero-order valence-corrected chi connectivity index (χ0v) is 10.8. The normalized spacial score (nSPS) is 31.7. The van der Waals surface area contributed by atoms with Gasteiger partial charge in [0.05, 0.1) is 0 Å². The summed E-state index contributed by atoms with van der Waals surface area (Å²) in [6, 6.07) is 10.8. The Bertz CT molecular complexity index is 356. The van der Waals surface area contributed by atoms with Gasteiger partial charge >= 0.3 is 0 Å². The Balaban J connectivity index is 1.52. The summed E-state index contributed by atoms with van der Waals surface area (Å²) in [6.45, 7) is 2.16. The molecule has 2 atom stereocenters. The number of piperidine rings is 1. The van der Waals surface area contributed by atoms with Gasteiger partial charge in [0.25, 0.3) is 0 Å². The Hall–Kier alpha value is -0.820. The fourth-order valence-electron chi connectivity index (χ4n) is 3.54. The van der Waals surface area contributed by atoms with Crippen LogP contribution in [0.3, 0.4) is 0 Å². The summed E-state index contributed by atoms with van der Waals surface area (Å²) < 4.78 is 0. The Kier molecular flexibility index (Phi) is 3.19. The molecule has 2 saturated heterocycles. The molecule has 0 aliphatic carbocycles. The van der Waals surface area contributed by atoms with Crippen LogP contribution in [-0.2, 0) is 6.42 Å². The summed E-state index contributed by atoms with van der Waals surface area (Å²) in [6.07, 6.45) is 8.34. The number of nitrogens with one attached hydrogen (secondary N) is 1. The lowest BCUT2D eigenvalue weighted by molar-refractivity contribution is 0.286. The quantitative estimate of drug-likeness (QED) is 0.837. The molecule has 0 spiro atoms. The molecule has 1 N–H and O–H groups in total. The van der Waals surface area contributed by atoms with E-state index in [0.29, 0.717) is 0 Å². The zero-order valence-electron chi connectivity index (χ0n) is 10.8. The molecule has 1 heteroatoms. The lowest BCUT2D eigenvalue weighted by atomic mass is 9.87. The number of hydrogen-bond acceptors (Lipinski definition) is 1. The third-order valence-electron chi connectivity index (χ3n) is 4.53. The molecule has 2 aliphatic heterocycles. The summed E-state index contributed by atoms with van der Waals surface area (Å²) in [5.74, 6) is 0.968. The van der Waals surface area contributed by atoms with Gasteiger partial charge in [-0.25, -0.2) is 0 Å². The third kappa shape index (κ3) is 2.71. The van der Waals surface area contributed by atoms with Gasteiger partial charge in [-0.2, -0.15) is 0 Å². The molecule has 3 rings (SSSR count). The lowest BCUT2D eigenvalue weighted by Gasteiger charge is -2.29. The van der Waals surface area contributed by atoms with Crippen LogP contribution < -0.4 is 5.32 Å². The van der Waals surface area contributed by atoms with Gasteiger partial charge in [-0.3, -0.25) is 0 Å². The van der Waals surface area contributed by atoms with Gasteiger partial charge in [-0.1, -0.05) is 29.8 Å². The van der Waals surface area contributed by atoms with Crippen LogP contribution in [0, 0.1) is 12.8 Å². The zero-order chi connectivity index (χ0) is 11.7. The van der Waals surface area contributed by atoms with Crippen LogP contribution in [0.15, 0.2) is 24.3 Å². The fraction of sp³-hybridized carbons (Fsp3) is 0.625. The van der Waals surface area contributed by atoms with E-state index in [2.05, 4.69) is 36.5 Å². The Morgan fingerprint density at radius 1 is 1.06 bits per heavy atom. The molecule has 0 amide bonds. The standard InChI is InChI=1S/C16H23N/c1-12-2-4-13(5-3-12)6-7-14-10-15-8-9-16(11-14)17-15/h2-5,14-17H,6-11H2,1H3. The van der Waals surface area contributed by atoms with Crippen molar-refractivity contribution in [1.82, 2.24) is 5.32 Å². The topological polar surface area (TPSA) is 12.0 Å². The van der Waals surface area contributed by atoms with E-state index in [-0.39, 0.29) is 0 Å². The number of fused-ring (bicyclic) bond motifs is 2. The van der Waals surface area contributed by atoms with Crippen molar-refractivity contribution in [2.45, 2.75) is 57.5 Å². The van der Waals surface area contributed by atoms with E-state index in [1.807, 2.05) is 0 Å². The van der Waals surface area contributed by atoms with Gasteiger partial charge < -0.3 is 5.32 Å². The molecule has 2 unspecified atom stereocenters. The summed E-state index contributed by atoms with van der Waals surface area (Å²) in [5.41, 5.74) is 2.88. The Labute approximate surface area is 105 Å². The monoisotopic (exact) mass is 229 g/mol. The molecule has 2 aliphatic rings. The van der Waals surface area contributed by atoms with Crippen LogP contribution >= 0.6 is 0 Å². The van der Waals surface area contributed by atoms with Crippen molar-refractivity contribution in [3.05, 3.63) is 35.4 Å². The van der Waals surface area contributed by atoms with Crippen LogP contribution in [0.2, 0.25) is 0 Å². The summed E-state index contributed by atoms with van der Waals surface area (Å²) in [4.78, 5) is 0. The SMILES string of the molecule is Cc1ccc(CCC2CC3CCC(C2)N3)cc1. The highest BCUT2D eigenvalue weighted by molar-refractivity contribution is 5.21. The molecule has 17 heavy (non-hydrogen) atoms. The molecule has 1 aromatic carbocycles. The molecule has 1 aromatic rings. The van der Waals surface area contributed by atoms with Crippen LogP contribution in [0.1, 0.15) is 43.2 Å². The molecule has 1 nitrogen and oxygen atoms in total. The summed E-state index contributed by atoms with van der Waals surface area (Å²) in [7, 11) is 0. The molecule has 92 valence electrons. The number of rotatable bonds is 3. The maximum absolute atomic E-state index is 3.73. The predicted octanol–water partition coefficient (Wildman–Crippen LogP) is 3.46. The van der Waals surface area contributed by atoms with Crippen molar-refractivity contribution < 1.29 is 0 Å². The minimum absolute atomic E-state index is 0.844. The average Bonchev–Trinajstić information content (AvgIpc) is 2.68. The highest BCUT2D eigenvalue weighted by atomic mass is 15.0. The van der Waals surface area contributed by atoms with E-state index in [1.54, 1.807) is 0 Å². The Morgan fingerprint density at radius 3 is 2.35 bits per heavy atom. The molecule has 2 heterocycles. The third-order valence-corrected chi connectivity index (χ3v) is 4.53. The molecular weight excluding hydrogens is 206 g/mol. The highest BCUT2D eigenvalue weighted by Gasteiger charge is 2.32. The minimum Gasteiger partial charge on any atom is -0.311 e. The number of hydrogen-bond donors (Lipinski definition) is 1. The Morgan fingerprint density at radius 2 is 1.71 bits per heavy atom. The van der Waals surface area contributed by atoms with Crippen LogP contribution in [0.5, 0.6) is 0 Å². The first-order valence-electron chi connectivity index (χ1n) is 7.11. The first kappa shape index (κ1) is 11.3. The van der Waals surface area contributed by atoms with Crippen molar-refractivity contribution in [2.24, 2.45) is 5.92 Å². The van der Waals surface area contributed by atoms with Gasteiger partial charge in [0.1, 0.15) is 0 Å². The molecule has 0 saturated carbocycles. The second-order valence-electron chi connectivity index (χ2n) is 6.00. The second-order valence-corrected chi connectivity index (χ2v) is 6.00. The first-order valence-corrected chi connectivity index (χ1v) is 7.11. The summed E-state index contributed by atoms with van der Waals surface area (Å²) in [5, 5.41) is 3.73.